The minimum Gasteiger partial charge on any atom is -0.507 e. The Balaban J connectivity index is 2.23. The van der Waals surface area contributed by atoms with Gasteiger partial charge in [0.05, 0.1) is 6.54 Å². The average molecular weight is 471 g/mol. The summed E-state index contributed by atoms with van der Waals surface area (Å²) in [5.74, 6) is 1.83. The molecule has 2 aromatic carbocycles. The summed E-state index contributed by atoms with van der Waals surface area (Å²) in [5.41, 5.74) is 8.01. The third-order valence-electron chi connectivity index (χ3n) is 5.40. The predicted molar refractivity (Wildman–Crippen MR) is 139 cm³/mol. The van der Waals surface area contributed by atoms with Gasteiger partial charge < -0.3 is 15.6 Å². The zero-order valence-electron chi connectivity index (χ0n) is 21.1. The zero-order chi connectivity index (χ0) is 25.0. The highest BCUT2D eigenvalue weighted by atomic mass is 32.3. The average Bonchev–Trinajstić information content (AvgIpc) is 2.70. The maximum atomic E-state index is 10.9. The summed E-state index contributed by atoms with van der Waals surface area (Å²) in [6.07, 6.45) is 6.21. The van der Waals surface area contributed by atoms with Gasteiger partial charge in [0.15, 0.2) is 6.19 Å². The molecular weight excluding hydrogens is 432 g/mol. The van der Waals surface area contributed by atoms with Gasteiger partial charge in [-0.25, -0.2) is 4.99 Å². The Morgan fingerprint density at radius 3 is 2.03 bits per heavy atom. The number of nitrogens with two attached hydrogens (primary N) is 1. The van der Waals surface area contributed by atoms with Crippen molar-refractivity contribution in [2.75, 3.05) is 18.5 Å². The van der Waals surface area contributed by atoms with Crippen LogP contribution in [0.5, 0.6) is 11.5 Å². The van der Waals surface area contributed by atoms with E-state index in [4.69, 9.17) is 15.7 Å². The number of nitrogens with zero attached hydrogens (tertiary/aromatic N) is 2. The number of nitriles is 1. The van der Waals surface area contributed by atoms with Crippen LogP contribution in [-0.2, 0) is 17.4 Å². The van der Waals surface area contributed by atoms with E-state index in [9.17, 15) is 5.11 Å². The van der Waals surface area contributed by atoms with Crippen LogP contribution in [0.3, 0.4) is 0 Å². The molecule has 0 aliphatic heterocycles. The van der Waals surface area contributed by atoms with Crippen molar-refractivity contribution in [1.82, 2.24) is 5.32 Å². The summed E-state index contributed by atoms with van der Waals surface area (Å²) in [6.45, 7) is 13.0. The smallest absolute Gasteiger partial charge is 0.202 e. The number of guanidine groups is 1. The van der Waals surface area contributed by atoms with Gasteiger partial charge in [-0.15, -0.1) is 0 Å². The normalized spacial score (nSPS) is 13.4. The van der Waals surface area contributed by atoms with E-state index in [1.807, 2.05) is 24.3 Å². The van der Waals surface area contributed by atoms with Gasteiger partial charge in [-0.2, -0.15) is 15.3 Å². The molecule has 2 rings (SSSR count). The van der Waals surface area contributed by atoms with Crippen LogP contribution >= 0.6 is 10.0 Å². The van der Waals surface area contributed by atoms with Gasteiger partial charge in [0, 0.05) is 11.1 Å². The molecule has 0 saturated carbocycles. The van der Waals surface area contributed by atoms with E-state index in [1.165, 1.54) is 4.90 Å². The second-order valence-electron chi connectivity index (χ2n) is 10.7. The Bertz CT molecular complexity index is 1000. The summed E-state index contributed by atoms with van der Waals surface area (Å²) in [6, 6.07) is 12.2. The fourth-order valence-corrected chi connectivity index (χ4v) is 4.79. The molecule has 0 aliphatic carbocycles. The summed E-state index contributed by atoms with van der Waals surface area (Å²) in [4.78, 5) is 5.36. The third kappa shape index (κ3) is 7.06. The molecule has 0 aliphatic rings. The SMILES string of the molecule is CC(C)(C)c1cc(OCS(C)(C)c2ccc(CN=C(N)NC#N)cc2)cc(C(C)(C)C)c1O. The Kier molecular flexibility index (Phi) is 7.97. The molecule has 0 heterocycles. The maximum Gasteiger partial charge on any atom is 0.202 e. The number of nitrogens with one attached hydrogen (secondary N) is 1. The molecule has 0 atom stereocenters. The van der Waals surface area contributed by atoms with Crippen LogP contribution in [0.25, 0.3) is 0 Å². The molecule has 33 heavy (non-hydrogen) atoms. The van der Waals surface area contributed by atoms with Crippen LogP contribution in [0.15, 0.2) is 46.3 Å². The molecule has 0 amide bonds. The second kappa shape index (κ2) is 9.96. The largest absolute Gasteiger partial charge is 0.507 e. The number of phenolic OH excluding ortho intramolecular Hbond substituents is 1. The van der Waals surface area contributed by atoms with E-state index >= 15 is 0 Å². The number of benzene rings is 2. The zero-order valence-corrected chi connectivity index (χ0v) is 21.9. The highest BCUT2D eigenvalue weighted by molar-refractivity contribution is 8.32. The Morgan fingerprint density at radius 2 is 1.58 bits per heavy atom. The molecule has 7 heteroatoms. The topological polar surface area (TPSA) is 104 Å². The first-order valence-electron chi connectivity index (χ1n) is 10.9. The standard InChI is InChI=1S/C26H38N4O2S/c1-25(2,3)21-13-19(14-22(23(21)31)26(4,5)6)32-17-33(7,8)20-11-9-18(10-12-20)15-29-24(28)30-16-27/h9-14,31H,15,17H2,1-8H3,(H3,28,29,30). The van der Waals surface area contributed by atoms with Crippen LogP contribution in [0.1, 0.15) is 58.2 Å². The molecule has 0 aromatic heterocycles. The van der Waals surface area contributed by atoms with Gasteiger partial charge in [0.25, 0.3) is 0 Å². The fourth-order valence-electron chi connectivity index (χ4n) is 3.35. The summed E-state index contributed by atoms with van der Waals surface area (Å²) >= 11 is 0. The lowest BCUT2D eigenvalue weighted by Crippen LogP contribution is -2.27. The molecule has 0 bridgehead atoms. The highest BCUT2D eigenvalue weighted by Crippen LogP contribution is 2.49. The van der Waals surface area contributed by atoms with Gasteiger partial charge in [-0.3, -0.25) is 5.32 Å². The van der Waals surface area contributed by atoms with Crippen molar-refractivity contribution < 1.29 is 9.84 Å². The molecule has 0 unspecified atom stereocenters. The van der Waals surface area contributed by atoms with Crippen molar-refractivity contribution in [3.05, 3.63) is 53.1 Å². The van der Waals surface area contributed by atoms with E-state index in [1.54, 1.807) is 6.19 Å². The Morgan fingerprint density at radius 1 is 1.06 bits per heavy atom. The van der Waals surface area contributed by atoms with E-state index in [0.717, 1.165) is 22.4 Å². The molecule has 0 spiro atoms. The number of ether oxygens (including phenoxy) is 1. The molecule has 0 radical (unpaired) electrons. The van der Waals surface area contributed by atoms with Crippen molar-refractivity contribution in [1.29, 1.82) is 5.26 Å². The van der Waals surface area contributed by atoms with E-state index in [0.29, 0.717) is 18.2 Å². The summed E-state index contributed by atoms with van der Waals surface area (Å²) < 4.78 is 6.34. The Hall–Kier alpha value is -2.85. The molecule has 180 valence electrons. The highest BCUT2D eigenvalue weighted by Gasteiger charge is 2.27. The lowest BCUT2D eigenvalue weighted by molar-refractivity contribution is 0.378. The van der Waals surface area contributed by atoms with Crippen molar-refractivity contribution >= 4 is 16.0 Å². The van der Waals surface area contributed by atoms with E-state index < -0.39 is 10.0 Å². The minimum atomic E-state index is -1.22. The van der Waals surface area contributed by atoms with Gasteiger partial charge in [-0.1, -0.05) is 53.7 Å². The molecule has 0 saturated heterocycles. The third-order valence-corrected chi connectivity index (χ3v) is 7.65. The second-order valence-corrected chi connectivity index (χ2v) is 14.5. The van der Waals surface area contributed by atoms with E-state index in [2.05, 4.69) is 76.5 Å². The van der Waals surface area contributed by atoms with Crippen LogP contribution < -0.4 is 15.8 Å². The molecular formula is C26H38N4O2S. The van der Waals surface area contributed by atoms with Crippen LogP contribution in [-0.4, -0.2) is 29.5 Å². The number of hydrogen-bond donors (Lipinski definition) is 3. The number of hydrogen-bond acceptors (Lipinski definition) is 4. The van der Waals surface area contributed by atoms with Crippen molar-refractivity contribution in [2.24, 2.45) is 10.7 Å². The number of aliphatic imine (C=N–C) groups is 1. The predicted octanol–water partition coefficient (Wildman–Crippen LogP) is 5.33. The first-order chi connectivity index (χ1) is 15.1. The number of aromatic hydroxyl groups is 1. The maximum absolute atomic E-state index is 10.9. The van der Waals surface area contributed by atoms with Crippen LogP contribution in [0, 0.1) is 11.5 Å². The van der Waals surface area contributed by atoms with Crippen molar-refractivity contribution in [3.8, 4) is 17.7 Å². The van der Waals surface area contributed by atoms with Crippen LogP contribution in [0.4, 0.5) is 0 Å². The summed E-state index contributed by atoms with van der Waals surface area (Å²) in [7, 11) is -1.22. The van der Waals surface area contributed by atoms with Crippen LogP contribution in [0.2, 0.25) is 0 Å². The fraction of sp³-hybridized carbons (Fsp3) is 0.462. The summed E-state index contributed by atoms with van der Waals surface area (Å²) in [5, 5.41) is 21.8. The molecule has 2 aromatic rings. The van der Waals surface area contributed by atoms with Crippen molar-refractivity contribution in [3.63, 3.8) is 0 Å². The van der Waals surface area contributed by atoms with E-state index in [-0.39, 0.29) is 16.8 Å². The molecule has 0 fully saturated rings. The van der Waals surface area contributed by atoms with Crippen molar-refractivity contribution in [2.45, 2.75) is 63.8 Å². The lowest BCUT2D eigenvalue weighted by atomic mass is 9.79. The van der Waals surface area contributed by atoms with Gasteiger partial charge in [-0.05, 0) is 58.1 Å². The first kappa shape index (κ1) is 26.4. The molecule has 4 N–H and O–H groups in total. The number of rotatable bonds is 6. The monoisotopic (exact) mass is 470 g/mol. The van der Waals surface area contributed by atoms with Gasteiger partial charge in [0.2, 0.25) is 5.96 Å². The van der Waals surface area contributed by atoms with Gasteiger partial charge in [0.1, 0.15) is 17.4 Å². The Labute approximate surface area is 200 Å². The molecule has 6 nitrogen and oxygen atoms in total. The minimum absolute atomic E-state index is 0.110. The van der Waals surface area contributed by atoms with Gasteiger partial charge >= 0.3 is 0 Å². The lowest BCUT2D eigenvalue weighted by Gasteiger charge is -2.33. The first-order valence-corrected chi connectivity index (χ1v) is 13.5. The number of phenols is 1. The quantitative estimate of drug-likeness (QED) is 0.229.